The summed E-state index contributed by atoms with van der Waals surface area (Å²) in [7, 11) is 0. The second-order valence-corrected chi connectivity index (χ2v) is 2.08. The molecule has 0 saturated carbocycles. The predicted molar refractivity (Wildman–Crippen MR) is 36.4 cm³/mol. The molecule has 0 amide bonds. The van der Waals surface area contributed by atoms with Gasteiger partial charge < -0.3 is 4.98 Å². The lowest BCUT2D eigenvalue weighted by molar-refractivity contribution is 0.107. The summed E-state index contributed by atoms with van der Waals surface area (Å²) in [6, 6.07) is 1.39. The number of aromatic amines is 1. The molecule has 0 aliphatic rings. The van der Waals surface area contributed by atoms with Gasteiger partial charge in [0.2, 0.25) is 0 Å². The van der Waals surface area contributed by atoms with Crippen LogP contribution in [0.25, 0.3) is 0 Å². The monoisotopic (exact) mass is 157 g/mol. The molecule has 0 radical (unpaired) electrons. The molecule has 1 aromatic heterocycles. The fourth-order valence-corrected chi connectivity index (χ4v) is 0.702. The van der Waals surface area contributed by atoms with E-state index in [4.69, 9.17) is 11.6 Å². The molecule has 0 aliphatic carbocycles. The number of aldehydes is 1. The summed E-state index contributed by atoms with van der Waals surface area (Å²) in [6.45, 7) is 0. The lowest BCUT2D eigenvalue weighted by Crippen LogP contribution is -1.85. The third-order valence-corrected chi connectivity index (χ3v) is 1.26. The van der Waals surface area contributed by atoms with E-state index in [-0.39, 0.29) is 5.69 Å². The maximum Gasteiger partial charge on any atom is 0.268 e. The Hall–Kier alpha value is -1.09. The number of rotatable bonds is 2. The minimum Gasteiger partial charge on any atom is -0.357 e. The van der Waals surface area contributed by atoms with E-state index in [0.29, 0.717) is 11.8 Å². The maximum atomic E-state index is 10.4. The molecule has 0 aliphatic heterocycles. The number of carbonyl (C=O) groups is 2. The Kier molecular flexibility index (Phi) is 1.87. The van der Waals surface area contributed by atoms with Crippen LogP contribution in [0.2, 0.25) is 0 Å². The highest BCUT2D eigenvalue weighted by molar-refractivity contribution is 6.67. The molecule has 0 atom stereocenters. The van der Waals surface area contributed by atoms with Crippen LogP contribution < -0.4 is 0 Å². The highest BCUT2D eigenvalue weighted by Gasteiger charge is 2.03. The largest absolute Gasteiger partial charge is 0.357 e. The van der Waals surface area contributed by atoms with Crippen LogP contribution in [0.4, 0.5) is 0 Å². The van der Waals surface area contributed by atoms with E-state index in [1.807, 2.05) is 0 Å². The van der Waals surface area contributed by atoms with Gasteiger partial charge in [0.15, 0.2) is 6.29 Å². The second-order valence-electron chi connectivity index (χ2n) is 1.74. The highest BCUT2D eigenvalue weighted by atomic mass is 35.5. The topological polar surface area (TPSA) is 49.9 Å². The van der Waals surface area contributed by atoms with E-state index in [1.54, 1.807) is 0 Å². The SMILES string of the molecule is O=Cc1c[nH]c(C(=O)Cl)c1. The van der Waals surface area contributed by atoms with Crippen molar-refractivity contribution in [3.63, 3.8) is 0 Å². The lowest BCUT2D eigenvalue weighted by Gasteiger charge is -1.79. The van der Waals surface area contributed by atoms with E-state index in [2.05, 4.69) is 4.98 Å². The minimum absolute atomic E-state index is 0.240. The molecule has 0 aromatic carbocycles. The Morgan fingerprint density at radius 1 is 1.70 bits per heavy atom. The quantitative estimate of drug-likeness (QED) is 0.518. The Labute approximate surface area is 62.0 Å². The zero-order valence-electron chi connectivity index (χ0n) is 4.93. The average molecular weight is 158 g/mol. The number of hydrogen-bond donors (Lipinski definition) is 1. The van der Waals surface area contributed by atoms with Gasteiger partial charge >= 0.3 is 0 Å². The van der Waals surface area contributed by atoms with Crippen molar-refractivity contribution in [1.82, 2.24) is 4.98 Å². The standard InChI is InChI=1S/C6H4ClNO2/c7-6(10)5-1-4(3-9)2-8-5/h1-3,8H. The van der Waals surface area contributed by atoms with E-state index in [1.165, 1.54) is 12.3 Å². The summed E-state index contributed by atoms with van der Waals surface area (Å²) in [4.78, 5) is 23.0. The van der Waals surface area contributed by atoms with Crippen LogP contribution in [0, 0.1) is 0 Å². The predicted octanol–water partition coefficient (Wildman–Crippen LogP) is 1.21. The van der Waals surface area contributed by atoms with Crippen molar-refractivity contribution < 1.29 is 9.59 Å². The normalized spacial score (nSPS) is 9.30. The Balaban J connectivity index is 2.98. The van der Waals surface area contributed by atoms with Gasteiger partial charge in [-0.15, -0.1) is 0 Å². The van der Waals surface area contributed by atoms with Gasteiger partial charge in [0, 0.05) is 11.8 Å². The summed E-state index contributed by atoms with van der Waals surface area (Å²) >= 11 is 5.09. The zero-order chi connectivity index (χ0) is 7.56. The molecule has 0 fully saturated rings. The Morgan fingerprint density at radius 3 is 2.70 bits per heavy atom. The van der Waals surface area contributed by atoms with Crippen molar-refractivity contribution in [2.45, 2.75) is 0 Å². The van der Waals surface area contributed by atoms with Gasteiger partial charge in [-0.05, 0) is 17.7 Å². The van der Waals surface area contributed by atoms with Crippen molar-refractivity contribution in [3.8, 4) is 0 Å². The molecule has 0 saturated heterocycles. The molecule has 1 N–H and O–H groups in total. The molecule has 1 rings (SSSR count). The molecule has 0 unspecified atom stereocenters. The van der Waals surface area contributed by atoms with Gasteiger partial charge in [-0.2, -0.15) is 0 Å². The summed E-state index contributed by atoms with van der Waals surface area (Å²) in [5.74, 6) is 0. The first-order valence-corrected chi connectivity index (χ1v) is 2.95. The Morgan fingerprint density at radius 2 is 2.40 bits per heavy atom. The van der Waals surface area contributed by atoms with Crippen LogP contribution in [-0.2, 0) is 0 Å². The smallest absolute Gasteiger partial charge is 0.268 e. The van der Waals surface area contributed by atoms with Gasteiger partial charge in [-0.3, -0.25) is 9.59 Å². The van der Waals surface area contributed by atoms with Gasteiger partial charge in [-0.25, -0.2) is 0 Å². The van der Waals surface area contributed by atoms with Gasteiger partial charge in [-0.1, -0.05) is 0 Å². The molecule has 10 heavy (non-hydrogen) atoms. The van der Waals surface area contributed by atoms with Gasteiger partial charge in [0.05, 0.1) is 5.69 Å². The first-order chi connectivity index (χ1) is 4.74. The summed E-state index contributed by atoms with van der Waals surface area (Å²) < 4.78 is 0. The van der Waals surface area contributed by atoms with Crippen molar-refractivity contribution in [2.75, 3.05) is 0 Å². The van der Waals surface area contributed by atoms with E-state index < -0.39 is 5.24 Å². The minimum atomic E-state index is -0.590. The Bertz CT molecular complexity index is 266. The van der Waals surface area contributed by atoms with Gasteiger partial charge in [0.1, 0.15) is 0 Å². The van der Waals surface area contributed by atoms with Crippen molar-refractivity contribution in [1.29, 1.82) is 0 Å². The van der Waals surface area contributed by atoms with Crippen LogP contribution in [-0.4, -0.2) is 16.5 Å². The van der Waals surface area contributed by atoms with Crippen molar-refractivity contribution in [3.05, 3.63) is 23.5 Å². The van der Waals surface area contributed by atoms with E-state index in [9.17, 15) is 9.59 Å². The molecule has 0 bridgehead atoms. The maximum absolute atomic E-state index is 10.4. The summed E-state index contributed by atoms with van der Waals surface area (Å²) in [5, 5.41) is -0.590. The highest BCUT2D eigenvalue weighted by Crippen LogP contribution is 2.03. The average Bonchev–Trinajstić information content (AvgIpc) is 2.34. The molecular weight excluding hydrogens is 154 g/mol. The molecule has 0 spiro atoms. The third kappa shape index (κ3) is 1.25. The first-order valence-electron chi connectivity index (χ1n) is 2.57. The lowest BCUT2D eigenvalue weighted by atomic mass is 10.3. The van der Waals surface area contributed by atoms with Crippen molar-refractivity contribution in [2.24, 2.45) is 0 Å². The molecule has 3 nitrogen and oxygen atoms in total. The number of H-pyrrole nitrogens is 1. The fourth-order valence-electron chi connectivity index (χ4n) is 0.593. The van der Waals surface area contributed by atoms with Crippen LogP contribution in [0.15, 0.2) is 12.3 Å². The molecule has 1 heterocycles. The molecule has 4 heteroatoms. The number of aromatic nitrogens is 1. The van der Waals surface area contributed by atoms with E-state index in [0.717, 1.165) is 0 Å². The van der Waals surface area contributed by atoms with Gasteiger partial charge in [0.25, 0.3) is 5.24 Å². The van der Waals surface area contributed by atoms with Crippen LogP contribution in [0.1, 0.15) is 20.8 Å². The van der Waals surface area contributed by atoms with Crippen LogP contribution in [0.3, 0.4) is 0 Å². The van der Waals surface area contributed by atoms with Crippen LogP contribution in [0.5, 0.6) is 0 Å². The molecule has 1 aromatic rings. The van der Waals surface area contributed by atoms with Crippen molar-refractivity contribution >= 4 is 23.1 Å². The number of hydrogen-bond acceptors (Lipinski definition) is 2. The molecular formula is C6H4ClNO2. The second kappa shape index (κ2) is 2.66. The number of nitrogens with one attached hydrogen (secondary N) is 1. The fraction of sp³-hybridized carbons (Fsp3) is 0. The summed E-state index contributed by atoms with van der Waals surface area (Å²) in [6.07, 6.45) is 2.06. The molecule has 52 valence electrons. The third-order valence-electron chi connectivity index (χ3n) is 1.05. The number of halogens is 1. The van der Waals surface area contributed by atoms with E-state index >= 15 is 0 Å². The summed E-state index contributed by atoms with van der Waals surface area (Å²) in [5.41, 5.74) is 0.660. The number of carbonyl (C=O) groups excluding carboxylic acids is 2. The van der Waals surface area contributed by atoms with Crippen LogP contribution >= 0.6 is 11.6 Å². The zero-order valence-corrected chi connectivity index (χ0v) is 5.68. The first kappa shape index (κ1) is 7.02.